The monoisotopic (exact) mass is 328 g/mol. The molecular weight excluding hydrogens is 312 g/mol. The molecule has 0 aromatic heterocycles. The predicted molar refractivity (Wildman–Crippen MR) is 86.8 cm³/mol. The maximum atomic E-state index is 12.0. The summed E-state index contributed by atoms with van der Waals surface area (Å²) in [7, 11) is 3.13. The van der Waals surface area contributed by atoms with Crippen molar-refractivity contribution in [1.82, 2.24) is 0 Å². The van der Waals surface area contributed by atoms with Gasteiger partial charge >= 0.3 is 5.97 Å². The van der Waals surface area contributed by atoms with E-state index in [2.05, 4.69) is 0 Å². The van der Waals surface area contributed by atoms with E-state index in [4.69, 9.17) is 23.7 Å². The van der Waals surface area contributed by atoms with E-state index < -0.39 is 5.97 Å². The molecule has 0 amide bonds. The zero-order chi connectivity index (χ0) is 16.9. The van der Waals surface area contributed by atoms with Gasteiger partial charge in [-0.1, -0.05) is 0 Å². The normalized spacial score (nSPS) is 12.2. The zero-order valence-corrected chi connectivity index (χ0v) is 13.3. The number of hydrogen-bond acceptors (Lipinski definition) is 6. The molecule has 6 nitrogen and oxygen atoms in total. The lowest BCUT2D eigenvalue weighted by molar-refractivity contribution is -0.128. The molecule has 0 aliphatic carbocycles. The van der Waals surface area contributed by atoms with Gasteiger partial charge in [-0.2, -0.15) is 0 Å². The van der Waals surface area contributed by atoms with Gasteiger partial charge in [-0.25, -0.2) is 4.79 Å². The number of methoxy groups -OCH3 is 2. The molecule has 2 aromatic rings. The molecule has 0 bridgehead atoms. The lowest BCUT2D eigenvalue weighted by Gasteiger charge is -2.07. The van der Waals surface area contributed by atoms with E-state index in [9.17, 15) is 4.79 Å². The van der Waals surface area contributed by atoms with Gasteiger partial charge in [-0.05, 0) is 30.3 Å². The van der Waals surface area contributed by atoms with Crippen LogP contribution in [-0.2, 0) is 4.79 Å². The summed E-state index contributed by atoms with van der Waals surface area (Å²) >= 11 is 0. The van der Waals surface area contributed by atoms with Crippen LogP contribution in [0.15, 0.2) is 42.5 Å². The van der Waals surface area contributed by atoms with Crippen LogP contribution < -0.4 is 23.7 Å². The standard InChI is InChI=1S/C18H16O6/c1-20-13-5-3-12(16(9-13)21-2)4-8-18(19)24-14-6-7-15-17(10-14)23-11-22-15/h3-10H,11H2,1-2H3/b8-4+. The Hall–Kier alpha value is -3.15. The maximum absolute atomic E-state index is 12.0. The number of hydrogen-bond donors (Lipinski definition) is 0. The van der Waals surface area contributed by atoms with Crippen LogP contribution in [0.2, 0.25) is 0 Å². The Labute approximate surface area is 139 Å². The van der Waals surface area contributed by atoms with Crippen LogP contribution in [0.1, 0.15) is 5.56 Å². The van der Waals surface area contributed by atoms with Gasteiger partial charge in [0, 0.05) is 23.8 Å². The Balaban J connectivity index is 1.69. The molecule has 0 unspecified atom stereocenters. The van der Waals surface area contributed by atoms with E-state index >= 15 is 0 Å². The van der Waals surface area contributed by atoms with E-state index in [0.29, 0.717) is 28.7 Å². The summed E-state index contributed by atoms with van der Waals surface area (Å²) < 4.78 is 26.1. The van der Waals surface area contributed by atoms with Crippen LogP contribution in [0.3, 0.4) is 0 Å². The third-order valence-electron chi connectivity index (χ3n) is 3.40. The molecule has 2 aromatic carbocycles. The van der Waals surface area contributed by atoms with Crippen LogP contribution in [0.25, 0.3) is 6.08 Å². The molecule has 0 saturated heterocycles. The molecule has 124 valence electrons. The lowest BCUT2D eigenvalue weighted by Crippen LogP contribution is -2.03. The van der Waals surface area contributed by atoms with Gasteiger partial charge < -0.3 is 23.7 Å². The average Bonchev–Trinajstić information content (AvgIpc) is 3.07. The molecule has 1 aliphatic heterocycles. The third kappa shape index (κ3) is 3.43. The number of carbonyl (C=O) groups is 1. The molecule has 1 heterocycles. The van der Waals surface area contributed by atoms with Crippen LogP contribution >= 0.6 is 0 Å². The molecule has 0 radical (unpaired) electrons. The summed E-state index contributed by atoms with van der Waals surface area (Å²) in [6, 6.07) is 10.3. The van der Waals surface area contributed by atoms with Gasteiger partial charge in [0.2, 0.25) is 6.79 Å². The smallest absolute Gasteiger partial charge is 0.336 e. The second kappa shape index (κ2) is 6.95. The summed E-state index contributed by atoms with van der Waals surface area (Å²) in [5.41, 5.74) is 0.737. The minimum absolute atomic E-state index is 0.171. The lowest BCUT2D eigenvalue weighted by atomic mass is 10.2. The number of carbonyl (C=O) groups excluding carboxylic acids is 1. The van der Waals surface area contributed by atoms with Crippen molar-refractivity contribution in [2.75, 3.05) is 21.0 Å². The fourth-order valence-corrected chi connectivity index (χ4v) is 2.20. The molecule has 24 heavy (non-hydrogen) atoms. The molecule has 0 saturated carbocycles. The summed E-state index contributed by atoms with van der Waals surface area (Å²) in [6.07, 6.45) is 2.95. The SMILES string of the molecule is COc1ccc(/C=C/C(=O)Oc2ccc3c(c2)OCO3)c(OC)c1. The van der Waals surface area contributed by atoms with Crippen LogP contribution in [0.5, 0.6) is 28.7 Å². The highest BCUT2D eigenvalue weighted by Crippen LogP contribution is 2.35. The van der Waals surface area contributed by atoms with Gasteiger partial charge in [0.15, 0.2) is 11.5 Å². The van der Waals surface area contributed by atoms with Crippen LogP contribution in [0, 0.1) is 0 Å². The summed E-state index contributed by atoms with van der Waals surface area (Å²) in [5, 5.41) is 0. The minimum atomic E-state index is -0.508. The Bertz CT molecular complexity index is 781. The van der Waals surface area contributed by atoms with E-state index in [1.165, 1.54) is 6.08 Å². The van der Waals surface area contributed by atoms with Crippen molar-refractivity contribution < 1.29 is 28.5 Å². The Morgan fingerprint density at radius 2 is 1.79 bits per heavy atom. The topological polar surface area (TPSA) is 63.2 Å². The number of benzene rings is 2. The molecule has 0 fully saturated rings. The quantitative estimate of drug-likeness (QED) is 0.477. The molecule has 1 aliphatic rings. The first-order chi connectivity index (χ1) is 11.7. The molecule has 0 N–H and O–H groups in total. The van der Waals surface area contributed by atoms with Crippen molar-refractivity contribution in [3.05, 3.63) is 48.0 Å². The van der Waals surface area contributed by atoms with E-state index in [1.807, 2.05) is 0 Å². The van der Waals surface area contributed by atoms with Gasteiger partial charge in [0.05, 0.1) is 14.2 Å². The second-order valence-electron chi connectivity index (χ2n) is 4.88. The first-order valence-electron chi connectivity index (χ1n) is 7.21. The highest BCUT2D eigenvalue weighted by Gasteiger charge is 2.14. The zero-order valence-electron chi connectivity index (χ0n) is 13.3. The molecule has 0 spiro atoms. The van der Waals surface area contributed by atoms with Crippen molar-refractivity contribution in [2.45, 2.75) is 0 Å². The fourth-order valence-electron chi connectivity index (χ4n) is 2.20. The maximum Gasteiger partial charge on any atom is 0.336 e. The van der Waals surface area contributed by atoms with Crippen molar-refractivity contribution >= 4 is 12.0 Å². The third-order valence-corrected chi connectivity index (χ3v) is 3.40. The highest BCUT2D eigenvalue weighted by molar-refractivity contribution is 5.89. The number of fused-ring (bicyclic) bond motifs is 1. The molecule has 6 heteroatoms. The molecule has 0 atom stereocenters. The van der Waals surface area contributed by atoms with Crippen molar-refractivity contribution in [2.24, 2.45) is 0 Å². The Morgan fingerprint density at radius 3 is 2.58 bits per heavy atom. The number of rotatable bonds is 5. The average molecular weight is 328 g/mol. The van der Waals surface area contributed by atoms with Gasteiger partial charge in [-0.3, -0.25) is 0 Å². The fraction of sp³-hybridized carbons (Fsp3) is 0.167. The predicted octanol–water partition coefficient (Wildman–Crippen LogP) is 3.05. The summed E-state index contributed by atoms with van der Waals surface area (Å²) in [4.78, 5) is 12.0. The van der Waals surface area contributed by atoms with Gasteiger partial charge in [-0.15, -0.1) is 0 Å². The van der Waals surface area contributed by atoms with Crippen molar-refractivity contribution in [3.8, 4) is 28.7 Å². The Kier molecular flexibility index (Phi) is 4.56. The first-order valence-corrected chi connectivity index (χ1v) is 7.21. The summed E-state index contributed by atoms with van der Waals surface area (Å²) in [5.74, 6) is 2.34. The van der Waals surface area contributed by atoms with Gasteiger partial charge in [0.1, 0.15) is 17.2 Å². The number of esters is 1. The molecule has 3 rings (SSSR count). The highest BCUT2D eigenvalue weighted by atomic mass is 16.7. The van der Waals surface area contributed by atoms with E-state index in [0.717, 1.165) is 5.56 Å². The largest absolute Gasteiger partial charge is 0.497 e. The van der Waals surface area contributed by atoms with E-state index in [-0.39, 0.29) is 6.79 Å². The van der Waals surface area contributed by atoms with Gasteiger partial charge in [0.25, 0.3) is 0 Å². The first kappa shape index (κ1) is 15.7. The second-order valence-corrected chi connectivity index (χ2v) is 4.88. The molecular formula is C18H16O6. The number of ether oxygens (including phenoxy) is 5. The van der Waals surface area contributed by atoms with Crippen molar-refractivity contribution in [1.29, 1.82) is 0 Å². The van der Waals surface area contributed by atoms with E-state index in [1.54, 1.807) is 56.7 Å². The summed E-state index contributed by atoms with van der Waals surface area (Å²) in [6.45, 7) is 0.171. The Morgan fingerprint density at radius 1 is 1.00 bits per heavy atom. The van der Waals surface area contributed by atoms with Crippen LogP contribution in [-0.4, -0.2) is 27.0 Å². The van der Waals surface area contributed by atoms with Crippen molar-refractivity contribution in [3.63, 3.8) is 0 Å². The minimum Gasteiger partial charge on any atom is -0.497 e. The van der Waals surface area contributed by atoms with Crippen LogP contribution in [0.4, 0.5) is 0 Å².